The number of aliphatic carboxylic acids is 1. The predicted molar refractivity (Wildman–Crippen MR) is 78.9 cm³/mol. The van der Waals surface area contributed by atoms with Crippen LogP contribution in [0.15, 0.2) is 23.4 Å². The maximum atomic E-state index is 12.2. The zero-order valence-electron chi connectivity index (χ0n) is 10.5. The molecule has 1 aromatic rings. The largest absolute Gasteiger partial charge is 0.480 e. The average molecular weight is 312 g/mol. The van der Waals surface area contributed by atoms with E-state index in [4.69, 9.17) is 22.4 Å². The lowest BCUT2D eigenvalue weighted by Gasteiger charge is -2.20. The minimum atomic E-state index is -1.34. The van der Waals surface area contributed by atoms with Crippen molar-refractivity contribution in [3.05, 3.63) is 28.9 Å². The molecule has 0 aliphatic carbocycles. The van der Waals surface area contributed by atoms with Gasteiger partial charge in [-0.1, -0.05) is 24.0 Å². The third-order valence-corrected chi connectivity index (χ3v) is 4.08. The summed E-state index contributed by atoms with van der Waals surface area (Å²) in [5.74, 6) is -1.78. The number of rotatable bonds is 4. The van der Waals surface area contributed by atoms with Crippen molar-refractivity contribution < 1.29 is 19.8 Å². The summed E-state index contributed by atoms with van der Waals surface area (Å²) in [5.41, 5.74) is 0.823. The van der Waals surface area contributed by atoms with E-state index >= 15 is 0 Å². The van der Waals surface area contributed by atoms with Crippen molar-refractivity contribution in [1.29, 1.82) is 0 Å². The summed E-state index contributed by atoms with van der Waals surface area (Å²) in [4.78, 5) is 24.5. The van der Waals surface area contributed by atoms with Crippen molar-refractivity contribution in [2.75, 3.05) is 6.61 Å². The molecule has 8 heteroatoms. The molecule has 2 rings (SSSR count). The quantitative estimate of drug-likeness (QED) is 0.628. The van der Waals surface area contributed by atoms with Gasteiger partial charge in [-0.2, -0.15) is 0 Å². The molecule has 1 amide bonds. The van der Waals surface area contributed by atoms with Gasteiger partial charge in [0.1, 0.15) is 4.32 Å². The van der Waals surface area contributed by atoms with Gasteiger partial charge in [0.15, 0.2) is 6.04 Å². The fourth-order valence-electron chi connectivity index (χ4n) is 1.78. The molecule has 0 bridgehead atoms. The molecule has 0 radical (unpaired) electrons. The van der Waals surface area contributed by atoms with Crippen LogP contribution in [0.4, 0.5) is 0 Å². The molecule has 20 heavy (non-hydrogen) atoms. The fraction of sp³-hybridized carbons (Fsp3) is 0.250. The van der Waals surface area contributed by atoms with Crippen molar-refractivity contribution in [1.82, 2.24) is 9.47 Å². The molecule has 6 nitrogen and oxygen atoms in total. The molecular formula is C12H12N2O4S2. The van der Waals surface area contributed by atoms with Gasteiger partial charge in [0, 0.05) is 19.4 Å². The van der Waals surface area contributed by atoms with Crippen LogP contribution in [0.3, 0.4) is 0 Å². The number of thioether (sulfide) groups is 1. The fourth-order valence-corrected chi connectivity index (χ4v) is 3.14. The van der Waals surface area contributed by atoms with Gasteiger partial charge in [0.2, 0.25) is 0 Å². The van der Waals surface area contributed by atoms with E-state index in [-0.39, 0.29) is 4.32 Å². The summed E-state index contributed by atoms with van der Waals surface area (Å²) in [5, 5.41) is 18.1. The van der Waals surface area contributed by atoms with Crippen LogP contribution in [0.2, 0.25) is 0 Å². The van der Waals surface area contributed by atoms with Crippen molar-refractivity contribution in [3.63, 3.8) is 0 Å². The number of carbonyl (C=O) groups excluding carboxylic acids is 1. The normalized spacial score (nSPS) is 18.9. The molecule has 0 spiro atoms. The third-order valence-electron chi connectivity index (χ3n) is 2.75. The van der Waals surface area contributed by atoms with E-state index < -0.39 is 24.5 Å². The summed E-state index contributed by atoms with van der Waals surface area (Å²) < 4.78 is 1.97. The molecule has 1 aromatic heterocycles. The van der Waals surface area contributed by atoms with E-state index in [0.717, 1.165) is 22.2 Å². The number of carboxylic acids is 1. The second kappa shape index (κ2) is 5.78. The number of carboxylic acid groups (broad SMARTS) is 1. The Morgan fingerprint density at radius 1 is 1.60 bits per heavy atom. The zero-order valence-corrected chi connectivity index (χ0v) is 12.1. The number of aliphatic hydroxyl groups is 1. The molecule has 1 aliphatic heterocycles. The van der Waals surface area contributed by atoms with Crippen molar-refractivity contribution in [2.24, 2.45) is 7.05 Å². The molecule has 106 valence electrons. The number of carbonyl (C=O) groups is 2. The highest BCUT2D eigenvalue weighted by Crippen LogP contribution is 2.33. The number of thiocarbonyl (C=S) groups is 1. The molecule has 2 heterocycles. The van der Waals surface area contributed by atoms with Crippen LogP contribution in [-0.4, -0.2) is 48.5 Å². The summed E-state index contributed by atoms with van der Waals surface area (Å²) >= 11 is 6.06. The highest BCUT2D eigenvalue weighted by atomic mass is 32.2. The second-order valence-electron chi connectivity index (χ2n) is 4.20. The Morgan fingerprint density at radius 3 is 2.80 bits per heavy atom. The number of hydrogen-bond acceptors (Lipinski definition) is 5. The summed E-state index contributed by atoms with van der Waals surface area (Å²) in [7, 11) is 1.86. The molecular weight excluding hydrogens is 300 g/mol. The molecule has 1 aliphatic rings. The Bertz CT molecular complexity index is 608. The number of hydrogen-bond donors (Lipinski definition) is 2. The lowest BCUT2D eigenvalue weighted by Crippen LogP contribution is -2.46. The second-order valence-corrected chi connectivity index (χ2v) is 5.87. The first-order valence-corrected chi connectivity index (χ1v) is 6.89. The third kappa shape index (κ3) is 2.77. The molecule has 0 unspecified atom stereocenters. The van der Waals surface area contributed by atoms with Crippen LogP contribution in [0, 0.1) is 0 Å². The van der Waals surface area contributed by atoms with E-state index in [1.54, 1.807) is 6.08 Å². The summed E-state index contributed by atoms with van der Waals surface area (Å²) in [6.45, 7) is -0.680. The smallest absolute Gasteiger partial charge is 0.329 e. The van der Waals surface area contributed by atoms with Crippen LogP contribution in [0.5, 0.6) is 0 Å². The first-order chi connectivity index (χ1) is 9.43. The van der Waals surface area contributed by atoms with Crippen LogP contribution in [0.25, 0.3) is 6.08 Å². The number of nitrogens with zero attached hydrogens (tertiary/aromatic N) is 2. The lowest BCUT2D eigenvalue weighted by molar-refractivity contribution is -0.146. The van der Waals surface area contributed by atoms with Crippen LogP contribution in [-0.2, 0) is 16.6 Å². The minimum Gasteiger partial charge on any atom is -0.480 e. The first-order valence-electron chi connectivity index (χ1n) is 5.66. The Kier molecular flexibility index (Phi) is 4.26. The average Bonchev–Trinajstić information content (AvgIpc) is 2.89. The lowest BCUT2D eigenvalue weighted by atomic mass is 10.2. The van der Waals surface area contributed by atoms with Crippen molar-refractivity contribution in [3.8, 4) is 0 Å². The van der Waals surface area contributed by atoms with Gasteiger partial charge >= 0.3 is 5.97 Å². The van der Waals surface area contributed by atoms with Crippen molar-refractivity contribution in [2.45, 2.75) is 6.04 Å². The Morgan fingerprint density at radius 2 is 2.30 bits per heavy atom. The summed E-state index contributed by atoms with van der Waals surface area (Å²) in [6, 6.07) is 0.483. The van der Waals surface area contributed by atoms with E-state index in [0.29, 0.717) is 4.91 Å². The first kappa shape index (κ1) is 14.8. The molecule has 1 fully saturated rings. The number of aromatic nitrogens is 1. The molecule has 1 atom stereocenters. The van der Waals surface area contributed by atoms with Crippen LogP contribution < -0.4 is 0 Å². The molecule has 1 saturated heterocycles. The highest BCUT2D eigenvalue weighted by Gasteiger charge is 2.40. The standard InChI is InChI=1S/C12H12N2O4S2/c1-13-3-2-7(5-13)4-9-10(16)14(12(19)20-9)8(6-15)11(17)18/h2-5,8,15H,6H2,1H3,(H,17,18)/b9-4+/t8-/m0/s1. The maximum Gasteiger partial charge on any atom is 0.329 e. The van der Waals surface area contributed by atoms with Gasteiger partial charge in [-0.05, 0) is 17.7 Å². The Labute approximate surface area is 124 Å². The van der Waals surface area contributed by atoms with Crippen LogP contribution in [0.1, 0.15) is 5.56 Å². The summed E-state index contributed by atoms with van der Waals surface area (Å²) in [6.07, 6.45) is 5.31. The van der Waals surface area contributed by atoms with Crippen molar-refractivity contribution >= 4 is 46.3 Å². The highest BCUT2D eigenvalue weighted by molar-refractivity contribution is 8.26. The van der Waals surface area contributed by atoms with Gasteiger partial charge in [-0.3, -0.25) is 9.69 Å². The Balaban J connectivity index is 2.29. The number of aryl methyl sites for hydroxylation is 1. The maximum absolute atomic E-state index is 12.2. The van der Waals surface area contributed by atoms with E-state index in [1.807, 2.05) is 30.1 Å². The zero-order chi connectivity index (χ0) is 14.9. The van der Waals surface area contributed by atoms with E-state index in [9.17, 15) is 9.59 Å². The monoisotopic (exact) mass is 312 g/mol. The van der Waals surface area contributed by atoms with Gasteiger partial charge in [-0.25, -0.2) is 4.79 Å². The molecule has 0 saturated carbocycles. The van der Waals surface area contributed by atoms with E-state index in [1.165, 1.54) is 0 Å². The van der Waals surface area contributed by atoms with Gasteiger partial charge in [0.05, 0.1) is 11.5 Å². The minimum absolute atomic E-state index is 0.138. The van der Waals surface area contributed by atoms with E-state index in [2.05, 4.69) is 0 Å². The topological polar surface area (TPSA) is 82.8 Å². The van der Waals surface area contributed by atoms with Gasteiger partial charge < -0.3 is 14.8 Å². The number of amides is 1. The van der Waals surface area contributed by atoms with Gasteiger partial charge in [-0.15, -0.1) is 0 Å². The number of aliphatic hydroxyl groups excluding tert-OH is 1. The SMILES string of the molecule is Cn1ccc(/C=C2/SC(=S)N([C@@H](CO)C(=O)O)C2=O)c1. The van der Waals surface area contributed by atoms with Crippen LogP contribution >= 0.6 is 24.0 Å². The van der Waals surface area contributed by atoms with Gasteiger partial charge in [0.25, 0.3) is 5.91 Å². The predicted octanol–water partition coefficient (Wildman–Crippen LogP) is 0.672. The molecule has 2 N–H and O–H groups in total. The Hall–Kier alpha value is -1.64. The molecule has 0 aromatic carbocycles.